The van der Waals surface area contributed by atoms with Crippen molar-refractivity contribution < 1.29 is 19.1 Å². The molecule has 0 radical (unpaired) electrons. The summed E-state index contributed by atoms with van der Waals surface area (Å²) in [6.45, 7) is 1.08. The quantitative estimate of drug-likeness (QED) is 0.636. The van der Waals surface area contributed by atoms with Gasteiger partial charge < -0.3 is 14.4 Å². The normalized spacial score (nSPS) is 14.6. The topological polar surface area (TPSA) is 81.6 Å². The first-order valence-electron chi connectivity index (χ1n) is 9.51. The number of ether oxygens (including phenoxy) is 2. The van der Waals surface area contributed by atoms with Crippen LogP contribution in [0.15, 0.2) is 54.7 Å². The molecular formula is C22H21N3O4. The highest BCUT2D eigenvalue weighted by atomic mass is 16.5. The average molecular weight is 391 g/mol. The van der Waals surface area contributed by atoms with Crippen molar-refractivity contribution in [1.29, 1.82) is 0 Å². The number of hydrogen-bond acceptors (Lipinski definition) is 6. The van der Waals surface area contributed by atoms with Crippen molar-refractivity contribution in [3.63, 3.8) is 0 Å². The Labute approximate surface area is 168 Å². The number of nitrogens with zero attached hydrogens (tertiary/aromatic N) is 3. The van der Waals surface area contributed by atoms with Crippen LogP contribution in [0.5, 0.6) is 5.88 Å². The number of benzene rings is 2. The van der Waals surface area contributed by atoms with Crippen LogP contribution in [0.1, 0.15) is 33.6 Å². The third-order valence-corrected chi connectivity index (χ3v) is 5.11. The Morgan fingerprint density at radius 1 is 1.00 bits per heavy atom. The summed E-state index contributed by atoms with van der Waals surface area (Å²) in [4.78, 5) is 26.6. The highest BCUT2D eigenvalue weighted by Gasteiger charge is 2.27. The summed E-state index contributed by atoms with van der Waals surface area (Å²) in [6.07, 6.45) is 3.02. The van der Waals surface area contributed by atoms with Crippen LogP contribution in [0.2, 0.25) is 0 Å². The van der Waals surface area contributed by atoms with E-state index in [9.17, 15) is 9.59 Å². The van der Waals surface area contributed by atoms with E-state index >= 15 is 0 Å². The predicted molar refractivity (Wildman–Crippen MR) is 107 cm³/mol. The van der Waals surface area contributed by atoms with Crippen molar-refractivity contribution in [2.75, 3.05) is 20.2 Å². The van der Waals surface area contributed by atoms with Gasteiger partial charge in [0.25, 0.3) is 5.91 Å². The zero-order valence-corrected chi connectivity index (χ0v) is 16.1. The van der Waals surface area contributed by atoms with Crippen molar-refractivity contribution in [2.24, 2.45) is 0 Å². The molecule has 4 rings (SSSR count). The molecule has 1 fully saturated rings. The largest absolute Gasteiger partial charge is 0.473 e. The predicted octanol–water partition coefficient (Wildman–Crippen LogP) is 3.10. The SMILES string of the molecule is COC(=O)c1ccccc1C(=O)N1CCC(Oc2nncc3ccccc23)CC1. The van der Waals surface area contributed by atoms with Gasteiger partial charge in [-0.15, -0.1) is 5.10 Å². The molecule has 0 spiro atoms. The lowest BCUT2D eigenvalue weighted by molar-refractivity contribution is 0.0553. The molecule has 0 saturated carbocycles. The molecule has 0 N–H and O–H groups in total. The number of piperidine rings is 1. The summed E-state index contributed by atoms with van der Waals surface area (Å²) in [6, 6.07) is 14.5. The molecule has 2 heterocycles. The molecule has 7 heteroatoms. The van der Waals surface area contributed by atoms with E-state index in [1.54, 1.807) is 35.4 Å². The Morgan fingerprint density at radius 3 is 2.45 bits per heavy atom. The van der Waals surface area contributed by atoms with E-state index < -0.39 is 5.97 Å². The number of hydrogen-bond donors (Lipinski definition) is 0. The minimum absolute atomic E-state index is 0.0463. The number of carbonyl (C=O) groups is 2. The molecule has 7 nitrogen and oxygen atoms in total. The first kappa shape index (κ1) is 18.9. The summed E-state index contributed by atoms with van der Waals surface area (Å²) in [5.41, 5.74) is 0.642. The highest BCUT2D eigenvalue weighted by Crippen LogP contribution is 2.25. The first-order chi connectivity index (χ1) is 14.2. The van der Waals surface area contributed by atoms with Gasteiger partial charge in [-0.1, -0.05) is 30.3 Å². The minimum atomic E-state index is -0.512. The van der Waals surface area contributed by atoms with Crippen LogP contribution >= 0.6 is 0 Å². The van der Waals surface area contributed by atoms with Crippen LogP contribution in [0.25, 0.3) is 10.8 Å². The molecule has 1 aliphatic rings. The monoisotopic (exact) mass is 391 g/mol. The molecule has 1 aromatic heterocycles. The second-order valence-electron chi connectivity index (χ2n) is 6.88. The molecule has 0 unspecified atom stereocenters. The Bertz CT molecular complexity index is 1040. The fraction of sp³-hybridized carbons (Fsp3) is 0.273. The van der Waals surface area contributed by atoms with Gasteiger partial charge in [0, 0.05) is 36.7 Å². The van der Waals surface area contributed by atoms with Crippen molar-refractivity contribution in [3.8, 4) is 5.88 Å². The van der Waals surface area contributed by atoms with Gasteiger partial charge in [0.1, 0.15) is 6.10 Å². The van der Waals surface area contributed by atoms with Gasteiger partial charge in [0.05, 0.1) is 24.4 Å². The lowest BCUT2D eigenvalue weighted by Gasteiger charge is -2.32. The summed E-state index contributed by atoms with van der Waals surface area (Å²) in [5, 5.41) is 10.1. The van der Waals surface area contributed by atoms with Gasteiger partial charge in [-0.25, -0.2) is 4.79 Å². The van der Waals surface area contributed by atoms with Crippen molar-refractivity contribution in [3.05, 3.63) is 65.9 Å². The van der Waals surface area contributed by atoms with E-state index in [2.05, 4.69) is 10.2 Å². The van der Waals surface area contributed by atoms with Gasteiger partial charge in [-0.2, -0.15) is 5.10 Å². The molecule has 148 valence electrons. The van der Waals surface area contributed by atoms with Crippen LogP contribution in [0, 0.1) is 0 Å². The zero-order chi connectivity index (χ0) is 20.2. The summed E-state index contributed by atoms with van der Waals surface area (Å²) in [7, 11) is 1.31. The number of amides is 1. The summed E-state index contributed by atoms with van der Waals surface area (Å²) >= 11 is 0. The maximum absolute atomic E-state index is 12.9. The van der Waals surface area contributed by atoms with Gasteiger partial charge in [0.15, 0.2) is 0 Å². The number of fused-ring (bicyclic) bond motifs is 1. The van der Waals surface area contributed by atoms with E-state index in [4.69, 9.17) is 9.47 Å². The molecule has 0 aliphatic carbocycles. The smallest absolute Gasteiger partial charge is 0.338 e. The number of carbonyl (C=O) groups excluding carboxylic acids is 2. The minimum Gasteiger partial charge on any atom is -0.473 e. The number of likely N-dealkylation sites (tertiary alicyclic amines) is 1. The van der Waals surface area contributed by atoms with E-state index in [1.807, 2.05) is 24.3 Å². The molecule has 1 amide bonds. The van der Waals surface area contributed by atoms with Gasteiger partial charge in [0.2, 0.25) is 5.88 Å². The fourth-order valence-corrected chi connectivity index (χ4v) is 3.55. The van der Waals surface area contributed by atoms with Crippen LogP contribution < -0.4 is 4.74 Å². The van der Waals surface area contributed by atoms with Gasteiger partial charge >= 0.3 is 5.97 Å². The molecule has 29 heavy (non-hydrogen) atoms. The number of methoxy groups -OCH3 is 1. The summed E-state index contributed by atoms with van der Waals surface area (Å²) in [5.74, 6) is -0.167. The average Bonchev–Trinajstić information content (AvgIpc) is 2.79. The van der Waals surface area contributed by atoms with E-state index in [-0.39, 0.29) is 17.6 Å². The standard InChI is InChI=1S/C22H21N3O4/c1-28-22(27)19-9-5-4-8-18(19)21(26)25-12-10-16(11-13-25)29-20-17-7-3-2-6-15(17)14-23-24-20/h2-9,14,16H,10-13H2,1H3. The second kappa shape index (κ2) is 8.26. The molecule has 0 atom stereocenters. The van der Waals surface area contributed by atoms with E-state index in [0.29, 0.717) is 37.4 Å². The fourth-order valence-electron chi connectivity index (χ4n) is 3.55. The molecule has 1 aliphatic heterocycles. The van der Waals surface area contributed by atoms with Crippen molar-refractivity contribution in [2.45, 2.75) is 18.9 Å². The lowest BCUT2D eigenvalue weighted by atomic mass is 10.0. The molecule has 3 aromatic rings. The maximum atomic E-state index is 12.9. The molecule has 2 aromatic carbocycles. The highest BCUT2D eigenvalue weighted by molar-refractivity contribution is 6.05. The third kappa shape index (κ3) is 3.89. The van der Waals surface area contributed by atoms with Crippen molar-refractivity contribution in [1.82, 2.24) is 15.1 Å². The van der Waals surface area contributed by atoms with Crippen LogP contribution in [0.4, 0.5) is 0 Å². The van der Waals surface area contributed by atoms with Crippen molar-refractivity contribution >= 4 is 22.6 Å². The second-order valence-corrected chi connectivity index (χ2v) is 6.88. The summed E-state index contributed by atoms with van der Waals surface area (Å²) < 4.78 is 10.9. The number of aromatic nitrogens is 2. The van der Waals surface area contributed by atoms with E-state index in [0.717, 1.165) is 10.8 Å². The lowest BCUT2D eigenvalue weighted by Crippen LogP contribution is -2.42. The van der Waals surface area contributed by atoms with E-state index in [1.165, 1.54) is 7.11 Å². The molecule has 0 bridgehead atoms. The van der Waals surface area contributed by atoms with Crippen LogP contribution in [-0.4, -0.2) is 53.3 Å². The van der Waals surface area contributed by atoms with Gasteiger partial charge in [-0.05, 0) is 18.2 Å². The van der Waals surface area contributed by atoms with Gasteiger partial charge in [-0.3, -0.25) is 4.79 Å². The molecular weight excluding hydrogens is 370 g/mol. The van der Waals surface area contributed by atoms with Crippen LogP contribution in [0.3, 0.4) is 0 Å². The Hall–Kier alpha value is -3.48. The first-order valence-corrected chi connectivity index (χ1v) is 9.51. The number of esters is 1. The molecule has 1 saturated heterocycles. The Kier molecular flexibility index (Phi) is 5.37. The Balaban J connectivity index is 1.43. The van der Waals surface area contributed by atoms with Crippen LogP contribution in [-0.2, 0) is 4.74 Å². The number of rotatable bonds is 4. The zero-order valence-electron chi connectivity index (χ0n) is 16.1. The maximum Gasteiger partial charge on any atom is 0.338 e. The third-order valence-electron chi connectivity index (χ3n) is 5.11. The Morgan fingerprint density at radius 2 is 1.69 bits per heavy atom.